The lowest BCUT2D eigenvalue weighted by Gasteiger charge is -2.29. The highest BCUT2D eigenvalue weighted by atomic mass is 32.2. The van der Waals surface area contributed by atoms with E-state index in [0.717, 1.165) is 23.7 Å². The van der Waals surface area contributed by atoms with Crippen LogP contribution in [0.25, 0.3) is 0 Å². The molecule has 1 saturated carbocycles. The van der Waals surface area contributed by atoms with Gasteiger partial charge in [0, 0.05) is 0 Å². The average molecular weight is 325 g/mol. The molecule has 0 radical (unpaired) electrons. The zero-order valence-electron chi connectivity index (χ0n) is 16.5. The van der Waals surface area contributed by atoms with Gasteiger partial charge in [0.25, 0.3) is 0 Å². The Kier molecular flexibility index (Phi) is 7.12. The quantitative estimate of drug-likeness (QED) is 0.306. The molecule has 0 spiro atoms. The molecule has 1 fully saturated rings. The zero-order valence-corrected chi connectivity index (χ0v) is 17.3. The minimum absolute atomic E-state index is 0.489. The molecule has 0 bridgehead atoms. The fourth-order valence-corrected chi connectivity index (χ4v) is 5.44. The van der Waals surface area contributed by atoms with Crippen molar-refractivity contribution in [2.75, 3.05) is 11.5 Å². The maximum absolute atomic E-state index is 4.24. The van der Waals surface area contributed by atoms with E-state index in [1.54, 1.807) is 0 Å². The van der Waals surface area contributed by atoms with Crippen molar-refractivity contribution in [3.8, 4) is 0 Å². The minimum Gasteiger partial charge on any atom is -0.162 e. The van der Waals surface area contributed by atoms with Gasteiger partial charge < -0.3 is 0 Å². The van der Waals surface area contributed by atoms with Crippen molar-refractivity contribution in [3.63, 3.8) is 0 Å². The summed E-state index contributed by atoms with van der Waals surface area (Å²) in [6.45, 7) is 23.3. The number of rotatable bonds is 10. The van der Waals surface area contributed by atoms with E-state index in [1.807, 2.05) is 0 Å². The molecule has 1 aliphatic rings. The number of thioether (sulfide) groups is 1. The Morgan fingerprint density at radius 2 is 1.77 bits per heavy atom. The van der Waals surface area contributed by atoms with E-state index in [0.29, 0.717) is 10.8 Å². The van der Waals surface area contributed by atoms with Crippen LogP contribution in [0.2, 0.25) is 0 Å². The Balaban J connectivity index is 2.26. The van der Waals surface area contributed by atoms with Gasteiger partial charge >= 0.3 is 0 Å². The lowest BCUT2D eigenvalue weighted by Crippen LogP contribution is -2.19. The van der Waals surface area contributed by atoms with Gasteiger partial charge in [0.1, 0.15) is 0 Å². The summed E-state index contributed by atoms with van der Waals surface area (Å²) in [6.07, 6.45) is 4.10. The summed E-state index contributed by atoms with van der Waals surface area (Å²) < 4.78 is 0. The summed E-state index contributed by atoms with van der Waals surface area (Å²) >= 11 is 2.16. The molecule has 3 atom stereocenters. The van der Waals surface area contributed by atoms with Crippen LogP contribution in [0.1, 0.15) is 74.7 Å². The van der Waals surface area contributed by atoms with Crippen LogP contribution in [0.3, 0.4) is 0 Å². The van der Waals surface area contributed by atoms with Crippen molar-refractivity contribution in [1.29, 1.82) is 0 Å². The van der Waals surface area contributed by atoms with Crippen LogP contribution in [-0.4, -0.2) is 11.5 Å². The van der Waals surface area contributed by atoms with Crippen molar-refractivity contribution >= 4 is 11.8 Å². The fourth-order valence-electron chi connectivity index (χ4n) is 4.22. The first kappa shape index (κ1) is 20.1. The van der Waals surface area contributed by atoms with Gasteiger partial charge in [-0.3, -0.25) is 0 Å². The van der Waals surface area contributed by atoms with E-state index >= 15 is 0 Å². The predicted octanol–water partition coefficient (Wildman–Crippen LogP) is 7.06. The van der Waals surface area contributed by atoms with Gasteiger partial charge in [-0.05, 0) is 72.2 Å². The van der Waals surface area contributed by atoms with Gasteiger partial charge in [-0.15, -0.1) is 0 Å². The van der Waals surface area contributed by atoms with Crippen molar-refractivity contribution in [2.24, 2.45) is 34.5 Å². The first-order valence-electron chi connectivity index (χ1n) is 9.27. The Morgan fingerprint density at radius 3 is 2.18 bits per heavy atom. The van der Waals surface area contributed by atoms with Gasteiger partial charge in [0.15, 0.2) is 0 Å². The molecule has 1 rings (SSSR count). The molecule has 0 aromatic heterocycles. The number of hydrogen-bond acceptors (Lipinski definition) is 1. The van der Waals surface area contributed by atoms with Crippen molar-refractivity contribution in [3.05, 3.63) is 12.2 Å². The van der Waals surface area contributed by atoms with Crippen LogP contribution in [-0.2, 0) is 0 Å². The van der Waals surface area contributed by atoms with Crippen LogP contribution >= 0.6 is 11.8 Å². The highest BCUT2D eigenvalue weighted by molar-refractivity contribution is 7.99. The van der Waals surface area contributed by atoms with E-state index in [-0.39, 0.29) is 0 Å². The molecule has 3 unspecified atom stereocenters. The SMILES string of the molecule is C=C(C)C1C(C(C)C)C1(C)CCCSCCC(C)(C)C(C)C. The lowest BCUT2D eigenvalue weighted by atomic mass is 9.79. The maximum Gasteiger partial charge on any atom is -0.00624 e. The molecule has 0 N–H and O–H groups in total. The Labute approximate surface area is 144 Å². The normalized spacial score (nSPS) is 28.5. The molecule has 0 aromatic carbocycles. The molecular formula is C21H40S. The van der Waals surface area contributed by atoms with E-state index in [2.05, 4.69) is 73.7 Å². The molecule has 0 heterocycles. The van der Waals surface area contributed by atoms with Gasteiger partial charge in [0.05, 0.1) is 0 Å². The molecule has 22 heavy (non-hydrogen) atoms. The van der Waals surface area contributed by atoms with Crippen molar-refractivity contribution < 1.29 is 0 Å². The summed E-state index contributed by atoms with van der Waals surface area (Å²) in [6, 6.07) is 0. The summed E-state index contributed by atoms with van der Waals surface area (Å²) in [5, 5.41) is 0. The maximum atomic E-state index is 4.24. The molecular weight excluding hydrogens is 284 g/mol. The molecule has 0 aliphatic heterocycles. The molecule has 0 aromatic rings. The minimum atomic E-state index is 0.489. The van der Waals surface area contributed by atoms with Crippen LogP contribution in [0.4, 0.5) is 0 Å². The molecule has 0 nitrogen and oxygen atoms in total. The largest absolute Gasteiger partial charge is 0.162 e. The van der Waals surface area contributed by atoms with E-state index in [4.69, 9.17) is 0 Å². The van der Waals surface area contributed by atoms with Crippen LogP contribution < -0.4 is 0 Å². The Hall–Kier alpha value is 0.0900. The smallest absolute Gasteiger partial charge is 0.00624 e. The van der Waals surface area contributed by atoms with E-state index < -0.39 is 0 Å². The van der Waals surface area contributed by atoms with Gasteiger partial charge in [-0.2, -0.15) is 11.8 Å². The molecule has 1 heteroatoms. The van der Waals surface area contributed by atoms with Crippen LogP contribution in [0.15, 0.2) is 12.2 Å². The van der Waals surface area contributed by atoms with Gasteiger partial charge in [-0.1, -0.05) is 60.6 Å². The molecule has 130 valence electrons. The number of hydrogen-bond donors (Lipinski definition) is 0. The Bertz CT molecular complexity index is 366. The second-order valence-electron chi connectivity index (χ2n) is 9.21. The van der Waals surface area contributed by atoms with Crippen molar-refractivity contribution in [1.82, 2.24) is 0 Å². The summed E-state index contributed by atoms with van der Waals surface area (Å²) in [7, 11) is 0. The van der Waals surface area contributed by atoms with Crippen molar-refractivity contribution in [2.45, 2.75) is 74.7 Å². The molecule has 1 aliphatic carbocycles. The third kappa shape index (κ3) is 4.79. The van der Waals surface area contributed by atoms with Gasteiger partial charge in [-0.25, -0.2) is 0 Å². The zero-order chi connectivity index (χ0) is 17.1. The fraction of sp³-hybridized carbons (Fsp3) is 0.905. The topological polar surface area (TPSA) is 0 Å². The standard InChI is InChI=1S/C21H40S/c1-15(2)18-19(16(3)4)21(18,9)11-10-13-22-14-12-20(7,8)17(5)6/h16-19H,1,10-14H2,2-9H3. The highest BCUT2D eigenvalue weighted by Gasteiger charge is 2.61. The predicted molar refractivity (Wildman–Crippen MR) is 105 cm³/mol. The third-order valence-electron chi connectivity index (χ3n) is 6.43. The lowest BCUT2D eigenvalue weighted by molar-refractivity contribution is 0.242. The van der Waals surface area contributed by atoms with E-state index in [9.17, 15) is 0 Å². The Morgan fingerprint density at radius 1 is 1.18 bits per heavy atom. The highest BCUT2D eigenvalue weighted by Crippen LogP contribution is 2.67. The van der Waals surface area contributed by atoms with Gasteiger partial charge in [0.2, 0.25) is 0 Å². The summed E-state index contributed by atoms with van der Waals surface area (Å²) in [5.74, 6) is 5.87. The summed E-state index contributed by atoms with van der Waals surface area (Å²) in [4.78, 5) is 0. The van der Waals surface area contributed by atoms with Crippen LogP contribution in [0.5, 0.6) is 0 Å². The third-order valence-corrected chi connectivity index (χ3v) is 7.50. The summed E-state index contributed by atoms with van der Waals surface area (Å²) in [5.41, 5.74) is 2.44. The molecule has 0 amide bonds. The average Bonchev–Trinajstić information content (AvgIpc) is 3.00. The second-order valence-corrected chi connectivity index (χ2v) is 10.4. The monoisotopic (exact) mass is 324 g/mol. The second kappa shape index (κ2) is 7.77. The van der Waals surface area contributed by atoms with Crippen LogP contribution in [0, 0.1) is 34.5 Å². The van der Waals surface area contributed by atoms with E-state index in [1.165, 1.54) is 36.3 Å². The molecule has 0 saturated heterocycles. The first-order chi connectivity index (χ1) is 10.0. The first-order valence-corrected chi connectivity index (χ1v) is 10.4. The number of allylic oxidation sites excluding steroid dienone is 1.